The van der Waals surface area contributed by atoms with Gasteiger partial charge in [-0.3, -0.25) is 0 Å². The van der Waals surface area contributed by atoms with Crippen LogP contribution in [0.5, 0.6) is 5.75 Å². The van der Waals surface area contributed by atoms with Crippen LogP contribution in [0.4, 0.5) is 0 Å². The molecule has 0 radical (unpaired) electrons. The summed E-state index contributed by atoms with van der Waals surface area (Å²) in [6.07, 6.45) is 6.28. The van der Waals surface area contributed by atoms with Crippen molar-refractivity contribution in [2.75, 3.05) is 7.11 Å². The van der Waals surface area contributed by atoms with Crippen LogP contribution >= 0.6 is 46.6 Å². The summed E-state index contributed by atoms with van der Waals surface area (Å²) in [6.45, 7) is 0. The number of aromatic amines is 1. The Kier molecular flexibility index (Phi) is 7.36. The number of rotatable bonds is 8. The molecule has 1 heterocycles. The van der Waals surface area contributed by atoms with Crippen molar-refractivity contribution in [3.63, 3.8) is 0 Å². The topological polar surface area (TPSA) is 37.9 Å². The van der Waals surface area contributed by atoms with Gasteiger partial charge in [0.25, 0.3) is 0 Å². The van der Waals surface area contributed by atoms with Gasteiger partial charge in [-0.15, -0.1) is 11.8 Å². The molecule has 0 aliphatic rings. The van der Waals surface area contributed by atoms with Crippen molar-refractivity contribution in [2.24, 2.45) is 0 Å². The van der Waals surface area contributed by atoms with Crippen LogP contribution < -0.4 is 4.74 Å². The predicted molar refractivity (Wildman–Crippen MR) is 115 cm³/mol. The average Bonchev–Trinajstić information content (AvgIpc) is 3.16. The molecule has 0 aliphatic heterocycles. The molecule has 1 unspecified atom stereocenters. The van der Waals surface area contributed by atoms with Gasteiger partial charge in [0.05, 0.1) is 17.2 Å². The van der Waals surface area contributed by atoms with Gasteiger partial charge in [0.2, 0.25) is 0 Å². The fraction of sp³-hybridized carbons (Fsp3) is 0.250. The number of halogens is 3. The highest BCUT2D eigenvalue weighted by molar-refractivity contribution is 8.00. The van der Waals surface area contributed by atoms with E-state index in [1.807, 2.05) is 18.3 Å². The van der Waals surface area contributed by atoms with Crippen LogP contribution in [-0.4, -0.2) is 22.3 Å². The second kappa shape index (κ2) is 9.74. The second-order valence-corrected chi connectivity index (χ2v) is 8.63. The van der Waals surface area contributed by atoms with Gasteiger partial charge in [-0.1, -0.05) is 46.9 Å². The van der Waals surface area contributed by atoms with Crippen molar-refractivity contribution in [3.8, 4) is 5.75 Å². The lowest BCUT2D eigenvalue weighted by Gasteiger charge is -2.18. The van der Waals surface area contributed by atoms with Crippen LogP contribution in [0.15, 0.2) is 53.7 Å². The first-order chi connectivity index (χ1) is 13.0. The maximum Gasteiger partial charge on any atom is 0.118 e. The van der Waals surface area contributed by atoms with E-state index < -0.39 is 0 Å². The zero-order chi connectivity index (χ0) is 19.2. The molecule has 27 heavy (non-hydrogen) atoms. The Morgan fingerprint density at radius 3 is 2.41 bits per heavy atom. The maximum absolute atomic E-state index is 6.38. The van der Waals surface area contributed by atoms with Gasteiger partial charge in [-0.2, -0.15) is 0 Å². The minimum atomic E-state index is 0.259. The summed E-state index contributed by atoms with van der Waals surface area (Å²) < 4.78 is 5.22. The third-order valence-corrected chi connectivity index (χ3v) is 6.59. The third kappa shape index (κ3) is 5.82. The predicted octanol–water partition coefficient (Wildman–Crippen LogP) is 6.71. The first-order valence-corrected chi connectivity index (χ1v) is 10.5. The van der Waals surface area contributed by atoms with Crippen molar-refractivity contribution in [1.29, 1.82) is 0 Å². The summed E-state index contributed by atoms with van der Waals surface area (Å²) in [6, 6.07) is 11.6. The Bertz CT molecular complexity index is 846. The maximum atomic E-state index is 6.38. The second-order valence-electron chi connectivity index (χ2n) is 6.07. The number of ether oxygens (including phenoxy) is 1. The average molecular weight is 442 g/mol. The van der Waals surface area contributed by atoms with Crippen LogP contribution in [0.1, 0.15) is 17.8 Å². The first-order valence-electron chi connectivity index (χ1n) is 8.47. The molecule has 0 aliphatic carbocycles. The molecule has 3 aromatic rings. The van der Waals surface area contributed by atoms with E-state index >= 15 is 0 Å². The third-order valence-electron chi connectivity index (χ3n) is 4.14. The van der Waals surface area contributed by atoms with Crippen LogP contribution in [0.3, 0.4) is 0 Å². The number of hydrogen-bond donors (Lipinski definition) is 1. The summed E-state index contributed by atoms with van der Waals surface area (Å²) >= 11 is 20.5. The highest BCUT2D eigenvalue weighted by Gasteiger charge is 2.18. The SMILES string of the molecule is COc1ccc(CCC(Cc2ncc[nH]2)Sc2c(Cl)cc(Cl)cc2Cl)cc1. The summed E-state index contributed by atoms with van der Waals surface area (Å²) in [5.74, 6) is 1.81. The number of benzene rings is 2. The number of H-pyrrole nitrogens is 1. The van der Waals surface area contributed by atoms with Gasteiger partial charge in [-0.25, -0.2) is 4.98 Å². The molecule has 1 N–H and O–H groups in total. The minimum Gasteiger partial charge on any atom is -0.497 e. The summed E-state index contributed by atoms with van der Waals surface area (Å²) in [7, 11) is 1.67. The molecule has 1 atom stereocenters. The van der Waals surface area contributed by atoms with Crippen LogP contribution in [0.2, 0.25) is 15.1 Å². The largest absolute Gasteiger partial charge is 0.497 e. The Morgan fingerprint density at radius 2 is 1.81 bits per heavy atom. The zero-order valence-electron chi connectivity index (χ0n) is 14.7. The molecule has 0 fully saturated rings. The van der Waals surface area contributed by atoms with E-state index in [-0.39, 0.29) is 5.25 Å². The Balaban J connectivity index is 1.74. The fourth-order valence-corrected chi connectivity index (χ4v) is 4.99. The number of nitrogens with zero attached hydrogens (tertiary/aromatic N) is 1. The van der Waals surface area contributed by atoms with E-state index in [0.29, 0.717) is 15.1 Å². The molecular formula is C20H19Cl3N2OS. The first kappa shape index (κ1) is 20.4. The molecule has 0 spiro atoms. The zero-order valence-corrected chi connectivity index (χ0v) is 17.8. The summed E-state index contributed by atoms with van der Waals surface area (Å²) in [5.41, 5.74) is 1.26. The quantitative estimate of drug-likeness (QED) is 0.394. The van der Waals surface area contributed by atoms with Gasteiger partial charge in [0, 0.05) is 34.0 Å². The van der Waals surface area contributed by atoms with E-state index in [9.17, 15) is 0 Å². The lowest BCUT2D eigenvalue weighted by molar-refractivity contribution is 0.414. The molecule has 0 saturated carbocycles. The molecule has 7 heteroatoms. The van der Waals surface area contributed by atoms with Gasteiger partial charge in [0.1, 0.15) is 11.6 Å². The lowest BCUT2D eigenvalue weighted by atomic mass is 10.1. The number of imidazole rings is 1. The molecule has 0 bridgehead atoms. The van der Waals surface area contributed by atoms with Gasteiger partial charge in [-0.05, 0) is 42.7 Å². The highest BCUT2D eigenvalue weighted by Crippen LogP contribution is 2.40. The van der Waals surface area contributed by atoms with Gasteiger partial charge >= 0.3 is 0 Å². The molecule has 142 valence electrons. The Hall–Kier alpha value is -1.33. The van der Waals surface area contributed by atoms with Crippen LogP contribution in [0.25, 0.3) is 0 Å². The highest BCUT2D eigenvalue weighted by atomic mass is 35.5. The number of aromatic nitrogens is 2. The number of nitrogens with one attached hydrogen (secondary N) is 1. The number of aryl methyl sites for hydroxylation is 1. The van der Waals surface area contributed by atoms with E-state index in [2.05, 4.69) is 22.1 Å². The molecule has 0 saturated heterocycles. The van der Waals surface area contributed by atoms with Crippen molar-refractivity contribution in [2.45, 2.75) is 29.4 Å². The molecule has 1 aromatic heterocycles. The minimum absolute atomic E-state index is 0.259. The molecule has 0 amide bonds. The standard InChI is InChI=1S/C20H19Cl3N2OS/c1-26-15-5-2-13(3-6-15)4-7-16(12-19-24-8-9-25-19)27-20-17(22)10-14(21)11-18(20)23/h2-3,5-6,8-11,16H,4,7,12H2,1H3,(H,24,25). The Morgan fingerprint density at radius 1 is 1.11 bits per heavy atom. The normalized spacial score (nSPS) is 12.1. The molecule has 3 nitrogen and oxygen atoms in total. The van der Waals surface area contributed by atoms with Gasteiger partial charge in [0.15, 0.2) is 0 Å². The molecule has 2 aromatic carbocycles. The van der Waals surface area contributed by atoms with E-state index in [0.717, 1.165) is 35.7 Å². The summed E-state index contributed by atoms with van der Waals surface area (Å²) in [5, 5.41) is 1.95. The van der Waals surface area contributed by atoms with Crippen LogP contribution in [-0.2, 0) is 12.8 Å². The van der Waals surface area contributed by atoms with E-state index in [1.165, 1.54) is 5.56 Å². The number of hydrogen-bond acceptors (Lipinski definition) is 3. The Labute approximate surface area is 178 Å². The monoisotopic (exact) mass is 440 g/mol. The molecule has 3 rings (SSSR count). The van der Waals surface area contributed by atoms with Crippen molar-refractivity contribution in [3.05, 3.63) is 75.2 Å². The van der Waals surface area contributed by atoms with E-state index in [4.69, 9.17) is 39.5 Å². The van der Waals surface area contributed by atoms with Crippen LogP contribution in [0, 0.1) is 0 Å². The smallest absolute Gasteiger partial charge is 0.118 e. The van der Waals surface area contributed by atoms with Crippen molar-refractivity contribution < 1.29 is 4.74 Å². The lowest BCUT2D eigenvalue weighted by Crippen LogP contribution is -2.10. The van der Waals surface area contributed by atoms with Crippen molar-refractivity contribution >= 4 is 46.6 Å². The fourth-order valence-electron chi connectivity index (χ4n) is 2.76. The van der Waals surface area contributed by atoms with Crippen molar-refractivity contribution in [1.82, 2.24) is 9.97 Å². The van der Waals surface area contributed by atoms with Gasteiger partial charge < -0.3 is 9.72 Å². The number of methoxy groups -OCH3 is 1. The summed E-state index contributed by atoms with van der Waals surface area (Å²) in [4.78, 5) is 8.39. The molecular weight excluding hydrogens is 423 g/mol. The number of thioether (sulfide) groups is 1. The van der Waals surface area contributed by atoms with E-state index in [1.54, 1.807) is 37.2 Å².